The molecule has 9 heteroatoms. The lowest BCUT2D eigenvalue weighted by atomic mass is 10.1. The first-order valence-electron chi connectivity index (χ1n) is 9.76. The van der Waals surface area contributed by atoms with Crippen LogP contribution in [0.1, 0.15) is 26.3 Å². The lowest BCUT2D eigenvalue weighted by molar-refractivity contribution is 0.0302. The molecule has 1 heterocycles. The van der Waals surface area contributed by atoms with Gasteiger partial charge < -0.3 is 20.3 Å². The Balaban J connectivity index is 0.00000450. The van der Waals surface area contributed by atoms with E-state index in [1.807, 2.05) is 37.7 Å². The first-order valence-corrected chi connectivity index (χ1v) is 9.76. The normalized spacial score (nSPS) is 11.4. The summed E-state index contributed by atoms with van der Waals surface area (Å²) in [5, 5.41) is 10.7. The molecule has 166 valence electrons. The van der Waals surface area contributed by atoms with E-state index in [2.05, 4.69) is 45.0 Å². The van der Waals surface area contributed by atoms with Crippen molar-refractivity contribution >= 4 is 36.0 Å². The minimum Gasteiger partial charge on any atom is -0.444 e. The van der Waals surface area contributed by atoms with Crippen LogP contribution in [0.4, 0.5) is 4.79 Å². The number of carbonyl (C=O) groups is 1. The van der Waals surface area contributed by atoms with Gasteiger partial charge in [0.05, 0.1) is 5.69 Å². The van der Waals surface area contributed by atoms with Crippen molar-refractivity contribution in [2.75, 3.05) is 33.7 Å². The topological polar surface area (TPSA) is 83.8 Å². The quantitative estimate of drug-likeness (QED) is 0.328. The number of rotatable bonds is 7. The van der Waals surface area contributed by atoms with Crippen LogP contribution in [0.2, 0.25) is 0 Å². The van der Waals surface area contributed by atoms with E-state index in [0.29, 0.717) is 19.0 Å². The predicted octanol–water partition coefficient (Wildman–Crippen LogP) is 3.06. The summed E-state index contributed by atoms with van der Waals surface area (Å²) in [5.41, 5.74) is 1.78. The number of amides is 1. The number of nitrogens with zero attached hydrogens (tertiary/aromatic N) is 4. The smallest absolute Gasteiger partial charge is 0.410 e. The molecule has 0 fully saturated rings. The van der Waals surface area contributed by atoms with Crippen LogP contribution < -0.4 is 10.6 Å². The fourth-order valence-corrected chi connectivity index (χ4v) is 2.56. The molecule has 0 saturated carbocycles. The van der Waals surface area contributed by atoms with Crippen LogP contribution in [-0.2, 0) is 11.2 Å². The number of ether oxygens (including phenoxy) is 1. The van der Waals surface area contributed by atoms with Crippen molar-refractivity contribution in [1.82, 2.24) is 25.3 Å². The molecule has 0 unspecified atom stereocenters. The van der Waals surface area contributed by atoms with Gasteiger partial charge in [0.15, 0.2) is 5.96 Å². The fourth-order valence-electron chi connectivity index (χ4n) is 2.56. The highest BCUT2D eigenvalue weighted by Crippen LogP contribution is 2.09. The maximum absolute atomic E-state index is 12.0. The van der Waals surface area contributed by atoms with Gasteiger partial charge in [0, 0.05) is 46.1 Å². The maximum Gasteiger partial charge on any atom is 0.410 e. The second-order valence-corrected chi connectivity index (χ2v) is 7.69. The molecule has 0 spiro atoms. The molecule has 30 heavy (non-hydrogen) atoms. The standard InChI is InChI=1S/C21H32N6O2.HI/c1-21(2,3)29-20(28)26(5)16-14-24-19(22-4)23-13-11-17-7-9-18(10-8-17)27-15-6-12-25-27;/h6-10,12,15H,11,13-14,16H2,1-5H3,(H2,22,23,24);1H. The van der Waals surface area contributed by atoms with Crippen molar-refractivity contribution < 1.29 is 9.53 Å². The van der Waals surface area contributed by atoms with E-state index in [1.165, 1.54) is 5.56 Å². The second kappa shape index (κ2) is 12.4. The Labute approximate surface area is 196 Å². The van der Waals surface area contributed by atoms with Crippen molar-refractivity contribution in [3.05, 3.63) is 48.3 Å². The Morgan fingerprint density at radius 3 is 2.43 bits per heavy atom. The van der Waals surface area contributed by atoms with E-state index in [1.54, 1.807) is 25.2 Å². The molecule has 2 rings (SSSR count). The average molecular weight is 528 g/mol. The second-order valence-electron chi connectivity index (χ2n) is 7.69. The van der Waals surface area contributed by atoms with E-state index in [-0.39, 0.29) is 30.1 Å². The van der Waals surface area contributed by atoms with Gasteiger partial charge in [0.2, 0.25) is 0 Å². The number of halogens is 1. The number of hydrogen-bond acceptors (Lipinski definition) is 4. The number of aromatic nitrogens is 2. The zero-order chi connectivity index (χ0) is 21.3. The number of nitrogens with one attached hydrogen (secondary N) is 2. The summed E-state index contributed by atoms with van der Waals surface area (Å²) in [6.07, 6.45) is 4.23. The highest BCUT2D eigenvalue weighted by molar-refractivity contribution is 14.0. The molecule has 0 bridgehead atoms. The van der Waals surface area contributed by atoms with E-state index in [0.717, 1.165) is 18.7 Å². The van der Waals surface area contributed by atoms with E-state index >= 15 is 0 Å². The molecule has 0 aliphatic carbocycles. The summed E-state index contributed by atoms with van der Waals surface area (Å²) in [6.45, 7) is 7.41. The highest BCUT2D eigenvalue weighted by atomic mass is 127. The Hall–Kier alpha value is -2.30. The molecule has 0 aliphatic rings. The number of aliphatic imine (C=N–C) groups is 1. The van der Waals surface area contributed by atoms with Crippen molar-refractivity contribution in [2.24, 2.45) is 4.99 Å². The van der Waals surface area contributed by atoms with Gasteiger partial charge in [0.1, 0.15) is 5.60 Å². The minimum atomic E-state index is -0.493. The van der Waals surface area contributed by atoms with Gasteiger partial charge in [0.25, 0.3) is 0 Å². The van der Waals surface area contributed by atoms with Crippen LogP contribution in [0.25, 0.3) is 5.69 Å². The highest BCUT2D eigenvalue weighted by Gasteiger charge is 2.19. The molecular formula is C21H33IN6O2. The number of carbonyl (C=O) groups excluding carboxylic acids is 1. The zero-order valence-corrected chi connectivity index (χ0v) is 20.7. The van der Waals surface area contributed by atoms with Crippen LogP contribution in [0.3, 0.4) is 0 Å². The van der Waals surface area contributed by atoms with Crippen LogP contribution >= 0.6 is 24.0 Å². The molecule has 0 atom stereocenters. The van der Waals surface area contributed by atoms with Gasteiger partial charge in [-0.3, -0.25) is 4.99 Å². The molecule has 2 N–H and O–H groups in total. The Morgan fingerprint density at radius 2 is 1.87 bits per heavy atom. The minimum absolute atomic E-state index is 0. The zero-order valence-electron chi connectivity index (χ0n) is 18.4. The van der Waals surface area contributed by atoms with Gasteiger partial charge >= 0.3 is 6.09 Å². The maximum atomic E-state index is 12.0. The average Bonchev–Trinajstić information content (AvgIpc) is 3.20. The number of guanidine groups is 1. The van der Waals surface area contributed by atoms with Gasteiger partial charge in [-0.1, -0.05) is 12.1 Å². The lowest BCUT2D eigenvalue weighted by Crippen LogP contribution is -2.43. The summed E-state index contributed by atoms with van der Waals surface area (Å²) in [4.78, 5) is 17.7. The van der Waals surface area contributed by atoms with Crippen LogP contribution in [0.15, 0.2) is 47.7 Å². The van der Waals surface area contributed by atoms with Gasteiger partial charge in [-0.2, -0.15) is 5.10 Å². The summed E-state index contributed by atoms with van der Waals surface area (Å²) in [6, 6.07) is 10.2. The SMILES string of the molecule is CN=C(NCCc1ccc(-n2cccn2)cc1)NCCN(C)C(=O)OC(C)(C)C.I. The third-order valence-electron chi connectivity index (χ3n) is 4.08. The molecule has 0 radical (unpaired) electrons. The van der Waals surface area contributed by atoms with E-state index < -0.39 is 5.60 Å². The third-order valence-corrected chi connectivity index (χ3v) is 4.08. The molecule has 2 aromatic rings. The van der Waals surface area contributed by atoms with Crippen molar-refractivity contribution in [3.8, 4) is 5.69 Å². The summed E-state index contributed by atoms with van der Waals surface area (Å²) in [5.74, 6) is 0.704. The monoisotopic (exact) mass is 528 g/mol. The number of hydrogen-bond donors (Lipinski definition) is 2. The number of benzene rings is 1. The van der Waals surface area contributed by atoms with Crippen molar-refractivity contribution in [2.45, 2.75) is 32.8 Å². The first-order chi connectivity index (χ1) is 13.8. The largest absolute Gasteiger partial charge is 0.444 e. The van der Waals surface area contributed by atoms with Crippen LogP contribution in [-0.4, -0.2) is 66.1 Å². The molecule has 0 saturated heterocycles. The fraction of sp³-hybridized carbons (Fsp3) is 0.476. The third kappa shape index (κ3) is 9.02. The van der Waals surface area contributed by atoms with Crippen LogP contribution in [0, 0.1) is 0 Å². The molecule has 0 aliphatic heterocycles. The molecule has 1 amide bonds. The predicted molar refractivity (Wildman–Crippen MR) is 131 cm³/mol. The van der Waals surface area contributed by atoms with Crippen molar-refractivity contribution in [1.29, 1.82) is 0 Å². The lowest BCUT2D eigenvalue weighted by Gasteiger charge is -2.24. The van der Waals surface area contributed by atoms with Crippen LogP contribution in [0.5, 0.6) is 0 Å². The van der Waals surface area contributed by atoms with Gasteiger partial charge in [-0.05, 0) is 51.0 Å². The first kappa shape index (κ1) is 25.7. The summed E-state index contributed by atoms with van der Waals surface area (Å²) in [7, 11) is 3.45. The molecule has 1 aromatic carbocycles. The molecular weight excluding hydrogens is 495 g/mol. The summed E-state index contributed by atoms with van der Waals surface area (Å²) < 4.78 is 7.17. The number of likely N-dealkylation sites (N-methyl/N-ethyl adjacent to an activating group) is 1. The Bertz CT molecular complexity index is 785. The summed E-state index contributed by atoms with van der Waals surface area (Å²) >= 11 is 0. The van der Waals surface area contributed by atoms with Gasteiger partial charge in [-0.15, -0.1) is 24.0 Å². The van der Waals surface area contributed by atoms with Crippen molar-refractivity contribution in [3.63, 3.8) is 0 Å². The molecule has 8 nitrogen and oxygen atoms in total. The van der Waals surface area contributed by atoms with E-state index in [9.17, 15) is 4.79 Å². The van der Waals surface area contributed by atoms with E-state index in [4.69, 9.17) is 4.74 Å². The Kier molecular flexibility index (Phi) is 10.6. The van der Waals surface area contributed by atoms with Gasteiger partial charge in [-0.25, -0.2) is 9.48 Å². The Morgan fingerprint density at radius 1 is 1.20 bits per heavy atom. The molecule has 1 aromatic heterocycles.